The maximum Gasteiger partial charge on any atom is 0.419 e. The van der Waals surface area contributed by atoms with Crippen molar-refractivity contribution >= 4 is 11.9 Å². The fourth-order valence-corrected chi connectivity index (χ4v) is 3.80. The number of rotatable bonds is 5. The van der Waals surface area contributed by atoms with Crippen molar-refractivity contribution in [1.82, 2.24) is 9.97 Å². The molecule has 2 saturated heterocycles. The first-order chi connectivity index (χ1) is 13.3. The van der Waals surface area contributed by atoms with Crippen LogP contribution < -0.4 is 4.90 Å². The van der Waals surface area contributed by atoms with E-state index in [1.807, 2.05) is 6.92 Å². The van der Waals surface area contributed by atoms with Crippen molar-refractivity contribution in [3.8, 4) is 0 Å². The molecule has 0 bridgehead atoms. The Labute approximate surface area is 160 Å². The molecule has 0 amide bonds. The van der Waals surface area contributed by atoms with Gasteiger partial charge in [-0.1, -0.05) is 0 Å². The summed E-state index contributed by atoms with van der Waals surface area (Å²) in [5, 5.41) is 9.23. The summed E-state index contributed by atoms with van der Waals surface area (Å²) in [6.45, 7) is 2.89. The van der Waals surface area contributed by atoms with Crippen molar-refractivity contribution in [3.05, 3.63) is 18.0 Å². The molecule has 7 nitrogen and oxygen atoms in total. The van der Waals surface area contributed by atoms with Crippen LogP contribution >= 0.6 is 0 Å². The van der Waals surface area contributed by atoms with E-state index in [1.54, 1.807) is 4.90 Å². The van der Waals surface area contributed by atoms with Gasteiger partial charge >= 0.3 is 12.1 Å². The highest BCUT2D eigenvalue weighted by atomic mass is 19.4. The van der Waals surface area contributed by atoms with E-state index < -0.39 is 30.1 Å². The molecule has 4 atom stereocenters. The van der Waals surface area contributed by atoms with Gasteiger partial charge in [0.2, 0.25) is 5.95 Å². The molecule has 0 saturated carbocycles. The highest BCUT2D eigenvalue weighted by molar-refractivity contribution is 5.67. The lowest BCUT2D eigenvalue weighted by atomic mass is 9.86. The molecule has 10 heteroatoms. The zero-order valence-corrected chi connectivity index (χ0v) is 15.6. The Kier molecular flexibility index (Phi) is 6.39. The summed E-state index contributed by atoms with van der Waals surface area (Å²) in [4.78, 5) is 20.8. The largest absolute Gasteiger partial charge is 0.481 e. The van der Waals surface area contributed by atoms with Crippen LogP contribution in [0.4, 0.5) is 19.1 Å². The normalized spacial score (nSPS) is 28.9. The second kappa shape index (κ2) is 8.60. The fraction of sp³-hybridized carbons (Fsp3) is 0.722. The average molecular weight is 403 g/mol. The number of aromatic nitrogens is 2. The zero-order chi connectivity index (χ0) is 20.3. The third kappa shape index (κ3) is 4.91. The van der Waals surface area contributed by atoms with Gasteiger partial charge in [-0.05, 0) is 38.5 Å². The van der Waals surface area contributed by atoms with Gasteiger partial charge < -0.3 is 19.5 Å². The van der Waals surface area contributed by atoms with E-state index in [1.165, 1.54) is 0 Å². The van der Waals surface area contributed by atoms with Crippen LogP contribution in [-0.2, 0) is 20.4 Å². The Morgan fingerprint density at radius 3 is 2.61 bits per heavy atom. The monoisotopic (exact) mass is 403 g/mol. The van der Waals surface area contributed by atoms with Crippen molar-refractivity contribution < 1.29 is 32.5 Å². The molecule has 0 radical (unpaired) electrons. The van der Waals surface area contributed by atoms with Gasteiger partial charge in [0.05, 0.1) is 24.1 Å². The molecule has 3 heterocycles. The predicted octanol–water partition coefficient (Wildman–Crippen LogP) is 3.10. The van der Waals surface area contributed by atoms with Gasteiger partial charge in [-0.2, -0.15) is 13.2 Å². The van der Waals surface area contributed by atoms with Gasteiger partial charge in [0.25, 0.3) is 0 Å². The molecular formula is C18H24F3N3O4. The summed E-state index contributed by atoms with van der Waals surface area (Å²) < 4.78 is 50.0. The Hall–Kier alpha value is -1.94. The third-order valence-corrected chi connectivity index (χ3v) is 5.28. The van der Waals surface area contributed by atoms with E-state index in [0.717, 1.165) is 31.7 Å². The smallest absolute Gasteiger partial charge is 0.419 e. The number of piperidine rings is 1. The van der Waals surface area contributed by atoms with Gasteiger partial charge in [-0.3, -0.25) is 4.79 Å². The number of aliphatic carboxylic acids is 1. The SMILES string of the molecule is CC1C(OC2CCCCO2)C(CC(=O)O)CCN1c1ncc(C(F)(F)F)cn1. The highest BCUT2D eigenvalue weighted by Crippen LogP contribution is 2.34. The zero-order valence-electron chi connectivity index (χ0n) is 15.6. The first-order valence-electron chi connectivity index (χ1n) is 9.40. The fourth-order valence-electron chi connectivity index (χ4n) is 3.80. The molecule has 2 aliphatic rings. The average Bonchev–Trinajstić information content (AvgIpc) is 2.65. The van der Waals surface area contributed by atoms with Crippen molar-refractivity contribution in [1.29, 1.82) is 0 Å². The first-order valence-corrected chi connectivity index (χ1v) is 9.40. The van der Waals surface area contributed by atoms with Crippen LogP contribution in [0.5, 0.6) is 0 Å². The van der Waals surface area contributed by atoms with Crippen LogP contribution in [-0.4, -0.2) is 52.6 Å². The second-order valence-electron chi connectivity index (χ2n) is 7.25. The number of anilines is 1. The number of carboxylic acids is 1. The maximum atomic E-state index is 12.8. The van der Waals surface area contributed by atoms with Crippen LogP contribution in [0.25, 0.3) is 0 Å². The summed E-state index contributed by atoms with van der Waals surface area (Å²) >= 11 is 0. The lowest BCUT2D eigenvalue weighted by Crippen LogP contribution is -2.54. The standard InChI is InChI=1S/C18H24F3N3O4/c1-11-16(28-15-4-2-3-7-27-15)12(8-14(25)26)5-6-24(11)17-22-9-13(10-23-17)18(19,20)21/h9-12,15-16H,2-8H2,1H3,(H,25,26). The van der Waals surface area contributed by atoms with Crippen molar-refractivity contribution in [3.63, 3.8) is 0 Å². The van der Waals surface area contributed by atoms with E-state index in [-0.39, 0.29) is 24.3 Å². The predicted molar refractivity (Wildman–Crippen MR) is 92.7 cm³/mol. The van der Waals surface area contributed by atoms with Crippen LogP contribution in [0.1, 0.15) is 44.6 Å². The molecule has 1 N–H and O–H groups in total. The molecule has 28 heavy (non-hydrogen) atoms. The minimum atomic E-state index is -4.50. The summed E-state index contributed by atoms with van der Waals surface area (Å²) in [5.41, 5.74) is -0.909. The summed E-state index contributed by atoms with van der Waals surface area (Å²) in [6.07, 6.45) is -0.670. The van der Waals surface area contributed by atoms with E-state index in [9.17, 15) is 23.1 Å². The molecule has 0 aromatic carbocycles. The number of halogens is 3. The Morgan fingerprint density at radius 1 is 1.32 bits per heavy atom. The lowest BCUT2D eigenvalue weighted by Gasteiger charge is -2.44. The number of hydrogen-bond donors (Lipinski definition) is 1. The number of alkyl halides is 3. The van der Waals surface area contributed by atoms with Gasteiger partial charge in [0.15, 0.2) is 6.29 Å². The van der Waals surface area contributed by atoms with Crippen LogP contribution in [0.15, 0.2) is 12.4 Å². The topological polar surface area (TPSA) is 84.8 Å². The molecule has 1 aromatic heterocycles. The molecule has 156 valence electrons. The maximum absolute atomic E-state index is 12.8. The van der Waals surface area contributed by atoms with E-state index >= 15 is 0 Å². The van der Waals surface area contributed by atoms with Crippen LogP contribution in [0.3, 0.4) is 0 Å². The Morgan fingerprint density at radius 2 is 2.04 bits per heavy atom. The first kappa shape index (κ1) is 20.8. The molecule has 1 aromatic rings. The molecule has 0 aliphatic carbocycles. The van der Waals surface area contributed by atoms with E-state index in [4.69, 9.17) is 9.47 Å². The van der Waals surface area contributed by atoms with Crippen molar-refractivity contribution in [2.75, 3.05) is 18.1 Å². The van der Waals surface area contributed by atoms with Crippen LogP contribution in [0.2, 0.25) is 0 Å². The minimum Gasteiger partial charge on any atom is -0.481 e. The molecule has 0 spiro atoms. The molecular weight excluding hydrogens is 379 g/mol. The highest BCUT2D eigenvalue weighted by Gasteiger charge is 2.40. The minimum absolute atomic E-state index is 0.0383. The van der Waals surface area contributed by atoms with Crippen molar-refractivity contribution in [2.24, 2.45) is 5.92 Å². The number of nitrogens with zero attached hydrogens (tertiary/aromatic N) is 3. The van der Waals surface area contributed by atoms with E-state index in [0.29, 0.717) is 19.6 Å². The molecule has 2 fully saturated rings. The molecule has 4 unspecified atom stereocenters. The second-order valence-corrected chi connectivity index (χ2v) is 7.25. The lowest BCUT2D eigenvalue weighted by molar-refractivity contribution is -0.206. The summed E-state index contributed by atoms with van der Waals surface area (Å²) in [7, 11) is 0. The number of ether oxygens (including phenoxy) is 2. The van der Waals surface area contributed by atoms with Gasteiger partial charge in [-0.25, -0.2) is 9.97 Å². The quantitative estimate of drug-likeness (QED) is 0.809. The molecule has 2 aliphatic heterocycles. The van der Waals surface area contributed by atoms with Gasteiger partial charge in [-0.15, -0.1) is 0 Å². The third-order valence-electron chi connectivity index (χ3n) is 5.28. The van der Waals surface area contributed by atoms with E-state index in [2.05, 4.69) is 9.97 Å². The summed E-state index contributed by atoms with van der Waals surface area (Å²) in [5.74, 6) is -0.953. The molecule has 3 rings (SSSR count). The van der Waals surface area contributed by atoms with Gasteiger partial charge in [0, 0.05) is 25.5 Å². The number of hydrogen-bond acceptors (Lipinski definition) is 6. The number of carbonyl (C=O) groups is 1. The number of carboxylic acid groups (broad SMARTS) is 1. The van der Waals surface area contributed by atoms with Crippen LogP contribution in [0, 0.1) is 5.92 Å². The summed E-state index contributed by atoms with van der Waals surface area (Å²) in [6, 6.07) is -0.305. The Balaban J connectivity index is 1.77. The Bertz CT molecular complexity index is 665. The van der Waals surface area contributed by atoms with Crippen molar-refractivity contribution in [2.45, 2.75) is 63.6 Å². The van der Waals surface area contributed by atoms with Gasteiger partial charge in [0.1, 0.15) is 0 Å².